The molecule has 0 radical (unpaired) electrons. The summed E-state index contributed by atoms with van der Waals surface area (Å²) in [5.74, 6) is -0.169. The van der Waals surface area contributed by atoms with Gasteiger partial charge in [0.2, 0.25) is 0 Å². The number of carbonyl (C=O) groups excluding carboxylic acids is 1. The minimum atomic E-state index is -0.926. The fourth-order valence-electron chi connectivity index (χ4n) is 2.50. The van der Waals surface area contributed by atoms with E-state index in [1.807, 2.05) is 0 Å². The number of esters is 1. The monoisotopic (exact) mass is 344 g/mol. The fraction of sp³-hybridized carbons (Fsp3) is 0.842. The summed E-state index contributed by atoms with van der Waals surface area (Å²) < 4.78 is 4.58. The second kappa shape index (κ2) is 15.6. The number of aliphatic hydroxyl groups is 3. The van der Waals surface area contributed by atoms with Crippen LogP contribution in [0.5, 0.6) is 0 Å². The topological polar surface area (TPSA) is 87.0 Å². The third-order valence-corrected chi connectivity index (χ3v) is 4.14. The Morgan fingerprint density at radius 1 is 0.917 bits per heavy atom. The van der Waals surface area contributed by atoms with Crippen LogP contribution in [0.1, 0.15) is 77.6 Å². The molecular formula is C19H36O5. The van der Waals surface area contributed by atoms with E-state index in [1.54, 1.807) is 6.08 Å². The van der Waals surface area contributed by atoms with E-state index in [2.05, 4.69) is 11.7 Å². The second-order valence-corrected chi connectivity index (χ2v) is 6.39. The summed E-state index contributed by atoms with van der Waals surface area (Å²) in [6.45, 7) is 2.11. The van der Waals surface area contributed by atoms with Crippen LogP contribution in [0.15, 0.2) is 12.2 Å². The van der Waals surface area contributed by atoms with Gasteiger partial charge in [0.15, 0.2) is 0 Å². The average Bonchev–Trinajstić information content (AvgIpc) is 2.58. The van der Waals surface area contributed by atoms with Gasteiger partial charge in [-0.15, -0.1) is 0 Å². The third-order valence-electron chi connectivity index (χ3n) is 4.14. The number of carbonyl (C=O) groups is 1. The van der Waals surface area contributed by atoms with Crippen molar-refractivity contribution in [1.29, 1.82) is 0 Å². The summed E-state index contributed by atoms with van der Waals surface area (Å²) >= 11 is 0. The molecule has 0 rings (SSSR count). The summed E-state index contributed by atoms with van der Waals surface area (Å²) in [7, 11) is 1.40. The first-order valence-corrected chi connectivity index (χ1v) is 9.30. The number of ether oxygens (including phenoxy) is 1. The first-order chi connectivity index (χ1) is 11.5. The van der Waals surface area contributed by atoms with Crippen molar-refractivity contribution in [2.45, 2.75) is 95.9 Å². The van der Waals surface area contributed by atoms with Gasteiger partial charge in [0.05, 0.1) is 25.4 Å². The molecule has 0 saturated heterocycles. The van der Waals surface area contributed by atoms with Crippen LogP contribution in [0.4, 0.5) is 0 Å². The van der Waals surface area contributed by atoms with Gasteiger partial charge in [-0.2, -0.15) is 0 Å². The average molecular weight is 344 g/mol. The molecule has 0 unspecified atom stereocenters. The van der Waals surface area contributed by atoms with Crippen molar-refractivity contribution >= 4 is 5.97 Å². The van der Waals surface area contributed by atoms with E-state index < -0.39 is 18.3 Å². The van der Waals surface area contributed by atoms with Crippen molar-refractivity contribution in [3.8, 4) is 0 Å². The second-order valence-electron chi connectivity index (χ2n) is 6.39. The molecule has 3 N–H and O–H groups in total. The maximum absolute atomic E-state index is 10.9. The van der Waals surface area contributed by atoms with Gasteiger partial charge in [-0.3, -0.25) is 4.79 Å². The van der Waals surface area contributed by atoms with Crippen molar-refractivity contribution in [3.63, 3.8) is 0 Å². The smallest absolute Gasteiger partial charge is 0.305 e. The maximum atomic E-state index is 10.9. The normalized spacial score (nSPS) is 15.4. The minimum absolute atomic E-state index is 0.169. The van der Waals surface area contributed by atoms with E-state index in [1.165, 1.54) is 13.2 Å². The van der Waals surface area contributed by atoms with Crippen molar-refractivity contribution in [3.05, 3.63) is 12.2 Å². The van der Waals surface area contributed by atoms with Gasteiger partial charge in [-0.05, 0) is 19.3 Å². The Morgan fingerprint density at radius 2 is 1.54 bits per heavy atom. The van der Waals surface area contributed by atoms with Gasteiger partial charge in [0.1, 0.15) is 0 Å². The summed E-state index contributed by atoms with van der Waals surface area (Å²) in [4.78, 5) is 10.9. The zero-order chi connectivity index (χ0) is 18.2. The van der Waals surface area contributed by atoms with E-state index in [9.17, 15) is 20.1 Å². The SMILES string of the molecule is CCCCC[C@H](O)/C=C/[C@H](O)[C@@H](O)CCCCCCCC(=O)OC. The maximum Gasteiger partial charge on any atom is 0.305 e. The fourth-order valence-corrected chi connectivity index (χ4v) is 2.50. The van der Waals surface area contributed by atoms with Gasteiger partial charge in [-0.1, -0.05) is 64.0 Å². The molecule has 0 aliphatic carbocycles. The summed E-state index contributed by atoms with van der Waals surface area (Å²) in [5.41, 5.74) is 0. The van der Waals surface area contributed by atoms with Crippen molar-refractivity contribution < 1.29 is 24.9 Å². The van der Waals surface area contributed by atoms with Crippen LogP contribution in [0.25, 0.3) is 0 Å². The molecule has 0 aromatic rings. The van der Waals surface area contributed by atoms with Crippen LogP contribution in [-0.2, 0) is 9.53 Å². The molecule has 24 heavy (non-hydrogen) atoms. The largest absolute Gasteiger partial charge is 0.469 e. The number of hydrogen-bond donors (Lipinski definition) is 3. The number of hydrogen-bond acceptors (Lipinski definition) is 5. The standard InChI is InChI=1S/C19H36O5/c1-3-4-8-11-16(20)14-15-18(22)17(21)12-9-6-5-7-10-13-19(23)24-2/h14-18,20-22H,3-13H2,1-2H3/b15-14+/t16-,17-,18-/m0/s1. The van der Waals surface area contributed by atoms with Gasteiger partial charge in [0.25, 0.3) is 0 Å². The van der Waals surface area contributed by atoms with Gasteiger partial charge in [-0.25, -0.2) is 0 Å². The molecule has 0 saturated carbocycles. The first-order valence-electron chi connectivity index (χ1n) is 9.30. The molecule has 0 amide bonds. The lowest BCUT2D eigenvalue weighted by Gasteiger charge is -2.15. The van der Waals surface area contributed by atoms with Crippen LogP contribution in [-0.4, -0.2) is 46.7 Å². The lowest BCUT2D eigenvalue weighted by molar-refractivity contribution is -0.140. The molecule has 0 aromatic carbocycles. The van der Waals surface area contributed by atoms with Crippen LogP contribution in [0, 0.1) is 0 Å². The zero-order valence-corrected chi connectivity index (χ0v) is 15.3. The Labute approximate surface area is 146 Å². The lowest BCUT2D eigenvalue weighted by Crippen LogP contribution is -2.24. The van der Waals surface area contributed by atoms with Gasteiger partial charge < -0.3 is 20.1 Å². The zero-order valence-electron chi connectivity index (χ0n) is 15.3. The molecule has 0 aromatic heterocycles. The van der Waals surface area contributed by atoms with Crippen LogP contribution in [0.2, 0.25) is 0 Å². The van der Waals surface area contributed by atoms with Gasteiger partial charge in [0, 0.05) is 6.42 Å². The highest BCUT2D eigenvalue weighted by atomic mass is 16.5. The van der Waals surface area contributed by atoms with Crippen LogP contribution >= 0.6 is 0 Å². The first kappa shape index (κ1) is 23.1. The Kier molecular flexibility index (Phi) is 15.0. The highest BCUT2D eigenvalue weighted by Gasteiger charge is 2.13. The summed E-state index contributed by atoms with van der Waals surface area (Å²) in [5, 5.41) is 29.5. The van der Waals surface area contributed by atoms with E-state index in [-0.39, 0.29) is 5.97 Å². The van der Waals surface area contributed by atoms with Crippen LogP contribution in [0.3, 0.4) is 0 Å². The number of aliphatic hydroxyl groups excluding tert-OH is 3. The number of unbranched alkanes of at least 4 members (excludes halogenated alkanes) is 6. The molecule has 0 aliphatic heterocycles. The van der Waals surface area contributed by atoms with E-state index >= 15 is 0 Å². The molecule has 0 spiro atoms. The molecular weight excluding hydrogens is 308 g/mol. The molecule has 5 nitrogen and oxygen atoms in total. The quantitative estimate of drug-likeness (QED) is 0.241. The van der Waals surface area contributed by atoms with Crippen molar-refractivity contribution in [1.82, 2.24) is 0 Å². The molecule has 5 heteroatoms. The molecule has 142 valence electrons. The van der Waals surface area contributed by atoms with E-state index in [0.29, 0.717) is 19.3 Å². The van der Waals surface area contributed by atoms with E-state index in [0.717, 1.165) is 51.4 Å². The Morgan fingerprint density at radius 3 is 2.21 bits per heavy atom. The molecule has 0 aliphatic rings. The molecule has 3 atom stereocenters. The number of methoxy groups -OCH3 is 1. The van der Waals surface area contributed by atoms with Crippen molar-refractivity contribution in [2.24, 2.45) is 0 Å². The number of rotatable bonds is 15. The summed E-state index contributed by atoms with van der Waals surface area (Å²) in [6.07, 6.45) is 10.3. The summed E-state index contributed by atoms with van der Waals surface area (Å²) in [6, 6.07) is 0. The lowest BCUT2D eigenvalue weighted by atomic mass is 10.0. The predicted molar refractivity (Wildman–Crippen MR) is 95.6 cm³/mol. The third kappa shape index (κ3) is 13.5. The van der Waals surface area contributed by atoms with Crippen molar-refractivity contribution in [2.75, 3.05) is 7.11 Å². The highest BCUT2D eigenvalue weighted by Crippen LogP contribution is 2.12. The predicted octanol–water partition coefficient (Wildman–Crippen LogP) is 3.11. The van der Waals surface area contributed by atoms with Gasteiger partial charge >= 0.3 is 5.97 Å². The highest BCUT2D eigenvalue weighted by molar-refractivity contribution is 5.68. The minimum Gasteiger partial charge on any atom is -0.469 e. The molecule has 0 fully saturated rings. The molecule has 0 bridgehead atoms. The Balaban J connectivity index is 3.67. The molecule has 0 heterocycles. The Hall–Kier alpha value is -0.910. The van der Waals surface area contributed by atoms with Crippen LogP contribution < -0.4 is 0 Å². The van der Waals surface area contributed by atoms with E-state index in [4.69, 9.17) is 0 Å². The Bertz CT molecular complexity index is 330.